The van der Waals surface area contributed by atoms with E-state index in [9.17, 15) is 18.4 Å². The second kappa shape index (κ2) is 7.82. The zero-order valence-corrected chi connectivity index (χ0v) is 14.5. The van der Waals surface area contributed by atoms with Crippen molar-refractivity contribution in [2.45, 2.75) is 31.9 Å². The summed E-state index contributed by atoms with van der Waals surface area (Å²) in [5.74, 6) is -1.000. The van der Waals surface area contributed by atoms with Crippen molar-refractivity contribution >= 4 is 23.2 Å². The van der Waals surface area contributed by atoms with Crippen LogP contribution in [0.25, 0.3) is 10.4 Å². The van der Waals surface area contributed by atoms with Gasteiger partial charge in [-0.3, -0.25) is 9.59 Å². The summed E-state index contributed by atoms with van der Waals surface area (Å²) in [5.41, 5.74) is 0.791. The first-order valence-electron chi connectivity index (χ1n) is 8.12. The number of halogens is 2. The van der Waals surface area contributed by atoms with Crippen LogP contribution in [0, 0.1) is 0 Å². The van der Waals surface area contributed by atoms with E-state index in [0.29, 0.717) is 17.8 Å². The van der Waals surface area contributed by atoms with Crippen molar-refractivity contribution in [1.82, 2.24) is 4.90 Å². The molecular weight excluding hydrogens is 364 g/mol. The number of alkyl halides is 2. The van der Waals surface area contributed by atoms with Gasteiger partial charge in [-0.2, -0.15) is 8.78 Å². The molecule has 2 heterocycles. The predicted octanol–water partition coefficient (Wildman–Crippen LogP) is 4.10. The molecule has 0 saturated carbocycles. The second-order valence-electron chi connectivity index (χ2n) is 5.96. The Morgan fingerprint density at radius 1 is 1.23 bits per heavy atom. The van der Waals surface area contributed by atoms with Crippen LogP contribution < -0.4 is 4.74 Å². The van der Waals surface area contributed by atoms with Gasteiger partial charge in [0, 0.05) is 17.5 Å². The Bertz CT molecular complexity index is 791. The van der Waals surface area contributed by atoms with Crippen LogP contribution in [0.1, 0.15) is 28.9 Å². The van der Waals surface area contributed by atoms with Crippen molar-refractivity contribution in [1.29, 1.82) is 0 Å². The van der Waals surface area contributed by atoms with Crippen molar-refractivity contribution in [2.24, 2.45) is 0 Å². The van der Waals surface area contributed by atoms with Gasteiger partial charge in [0.1, 0.15) is 5.75 Å². The molecule has 1 atom stereocenters. The number of carbonyl (C=O) groups is 2. The molecule has 0 bridgehead atoms. The van der Waals surface area contributed by atoms with E-state index < -0.39 is 12.6 Å². The first-order chi connectivity index (χ1) is 12.4. The van der Waals surface area contributed by atoms with Gasteiger partial charge in [-0.05, 0) is 54.8 Å². The van der Waals surface area contributed by atoms with E-state index in [4.69, 9.17) is 5.11 Å². The molecule has 0 radical (unpaired) electrons. The number of benzene rings is 1. The third kappa shape index (κ3) is 4.19. The molecule has 1 aromatic heterocycles. The maximum atomic E-state index is 12.7. The van der Waals surface area contributed by atoms with Crippen LogP contribution in [-0.2, 0) is 4.79 Å². The lowest BCUT2D eigenvalue weighted by Crippen LogP contribution is -2.36. The van der Waals surface area contributed by atoms with Crippen molar-refractivity contribution in [3.63, 3.8) is 0 Å². The van der Waals surface area contributed by atoms with Gasteiger partial charge in [0.15, 0.2) is 0 Å². The number of carboxylic acids is 1. The molecule has 1 aromatic carbocycles. The lowest BCUT2D eigenvalue weighted by molar-refractivity contribution is -0.137. The fourth-order valence-electron chi connectivity index (χ4n) is 3.07. The number of thiophene rings is 1. The largest absolute Gasteiger partial charge is 0.481 e. The van der Waals surface area contributed by atoms with Crippen LogP contribution in [0.4, 0.5) is 8.78 Å². The highest BCUT2D eigenvalue weighted by atomic mass is 32.1. The van der Waals surface area contributed by atoms with Gasteiger partial charge in [0.2, 0.25) is 0 Å². The SMILES string of the molecule is O=C(O)CC1CCCN1C(=O)c1ccc(-c2ccc(OC(F)F)cc2)s1. The van der Waals surface area contributed by atoms with Gasteiger partial charge in [-0.1, -0.05) is 0 Å². The molecule has 1 aliphatic rings. The highest BCUT2D eigenvalue weighted by Gasteiger charge is 2.31. The number of nitrogens with zero attached hydrogens (tertiary/aromatic N) is 1. The van der Waals surface area contributed by atoms with Crippen LogP contribution >= 0.6 is 11.3 Å². The predicted molar refractivity (Wildman–Crippen MR) is 92.7 cm³/mol. The van der Waals surface area contributed by atoms with Gasteiger partial charge in [0.05, 0.1) is 11.3 Å². The number of hydrogen-bond donors (Lipinski definition) is 1. The fourth-order valence-corrected chi connectivity index (χ4v) is 4.03. The summed E-state index contributed by atoms with van der Waals surface area (Å²) >= 11 is 1.29. The maximum absolute atomic E-state index is 12.7. The van der Waals surface area contributed by atoms with Crippen LogP contribution in [0.5, 0.6) is 5.75 Å². The number of ether oxygens (including phenoxy) is 1. The van der Waals surface area contributed by atoms with E-state index in [1.165, 1.54) is 23.5 Å². The molecule has 0 spiro atoms. The Labute approximate surface area is 152 Å². The zero-order chi connectivity index (χ0) is 18.7. The normalized spacial score (nSPS) is 16.9. The topological polar surface area (TPSA) is 66.8 Å². The molecule has 26 heavy (non-hydrogen) atoms. The third-order valence-electron chi connectivity index (χ3n) is 4.23. The Balaban J connectivity index is 1.73. The Kier molecular flexibility index (Phi) is 5.51. The molecule has 0 aliphatic carbocycles. The van der Waals surface area contributed by atoms with Crippen molar-refractivity contribution in [3.05, 3.63) is 41.3 Å². The van der Waals surface area contributed by atoms with Crippen LogP contribution in [-0.4, -0.2) is 41.1 Å². The smallest absolute Gasteiger partial charge is 0.387 e. The second-order valence-corrected chi connectivity index (χ2v) is 7.04. The minimum absolute atomic E-state index is 0.0461. The number of carbonyl (C=O) groups excluding carboxylic acids is 1. The lowest BCUT2D eigenvalue weighted by Gasteiger charge is -2.22. The molecular formula is C18H17F2NO4S. The molecule has 8 heteroatoms. The highest BCUT2D eigenvalue weighted by Crippen LogP contribution is 2.32. The molecule has 138 valence electrons. The first-order valence-corrected chi connectivity index (χ1v) is 8.93. The van der Waals surface area contributed by atoms with E-state index in [1.807, 2.05) is 0 Å². The minimum atomic E-state index is -2.87. The number of rotatable bonds is 6. The van der Waals surface area contributed by atoms with Crippen molar-refractivity contribution in [3.8, 4) is 16.2 Å². The molecule has 1 fully saturated rings. The number of likely N-dealkylation sites (tertiary alicyclic amines) is 1. The summed E-state index contributed by atoms with van der Waals surface area (Å²) in [4.78, 5) is 26.6. The molecule has 1 amide bonds. The van der Waals surface area contributed by atoms with Crippen LogP contribution in [0.15, 0.2) is 36.4 Å². The lowest BCUT2D eigenvalue weighted by atomic mass is 10.1. The summed E-state index contributed by atoms with van der Waals surface area (Å²) in [6, 6.07) is 9.45. The fraction of sp³-hybridized carbons (Fsp3) is 0.333. The average molecular weight is 381 g/mol. The number of amides is 1. The summed E-state index contributed by atoms with van der Waals surface area (Å²) in [6.45, 7) is -2.31. The Morgan fingerprint density at radius 3 is 2.62 bits per heavy atom. The van der Waals surface area contributed by atoms with E-state index >= 15 is 0 Å². The summed E-state index contributed by atoms with van der Waals surface area (Å²) < 4.78 is 28.7. The Morgan fingerprint density at radius 2 is 1.96 bits per heavy atom. The quantitative estimate of drug-likeness (QED) is 0.818. The molecule has 1 aliphatic heterocycles. The van der Waals surface area contributed by atoms with E-state index in [0.717, 1.165) is 16.9 Å². The molecule has 1 unspecified atom stereocenters. The number of aliphatic carboxylic acids is 1. The zero-order valence-electron chi connectivity index (χ0n) is 13.7. The number of hydrogen-bond acceptors (Lipinski definition) is 4. The molecule has 2 aromatic rings. The third-order valence-corrected chi connectivity index (χ3v) is 5.35. The minimum Gasteiger partial charge on any atom is -0.481 e. The standard InChI is InChI=1S/C18H17F2NO4S/c19-18(20)25-13-5-3-11(4-6-13)14-7-8-15(26-14)17(24)21-9-1-2-12(21)10-16(22)23/h3-8,12,18H,1-2,9-10H2,(H,22,23). The van der Waals surface area contributed by atoms with E-state index in [2.05, 4.69) is 4.74 Å². The van der Waals surface area contributed by atoms with Gasteiger partial charge in [-0.15, -0.1) is 11.3 Å². The number of carboxylic acid groups (broad SMARTS) is 1. The molecule has 1 saturated heterocycles. The van der Waals surface area contributed by atoms with E-state index in [1.54, 1.807) is 29.2 Å². The van der Waals surface area contributed by atoms with E-state index in [-0.39, 0.29) is 24.1 Å². The Hall–Kier alpha value is -2.48. The molecule has 5 nitrogen and oxygen atoms in total. The summed E-state index contributed by atoms with van der Waals surface area (Å²) in [6.07, 6.45) is 1.45. The van der Waals surface area contributed by atoms with Crippen molar-refractivity contribution in [2.75, 3.05) is 6.54 Å². The van der Waals surface area contributed by atoms with Crippen molar-refractivity contribution < 1.29 is 28.2 Å². The van der Waals surface area contributed by atoms with Gasteiger partial charge in [0.25, 0.3) is 5.91 Å². The monoisotopic (exact) mass is 381 g/mol. The summed E-state index contributed by atoms with van der Waals surface area (Å²) in [5, 5.41) is 8.98. The van der Waals surface area contributed by atoms with Crippen LogP contribution in [0.3, 0.4) is 0 Å². The maximum Gasteiger partial charge on any atom is 0.387 e. The molecule has 1 N–H and O–H groups in total. The van der Waals surface area contributed by atoms with Crippen LogP contribution in [0.2, 0.25) is 0 Å². The van der Waals surface area contributed by atoms with Gasteiger partial charge in [-0.25, -0.2) is 0 Å². The average Bonchev–Trinajstić information content (AvgIpc) is 3.23. The summed E-state index contributed by atoms with van der Waals surface area (Å²) in [7, 11) is 0. The first kappa shape index (κ1) is 18.3. The van der Waals surface area contributed by atoms with Gasteiger partial charge < -0.3 is 14.7 Å². The highest BCUT2D eigenvalue weighted by molar-refractivity contribution is 7.17. The molecule has 3 rings (SSSR count). The van der Waals surface area contributed by atoms with Gasteiger partial charge >= 0.3 is 12.6 Å².